The SMILES string of the molecule is CCCCCCCCC/C=C\C(CCCCCCC(=O)O)OC(=O)CCCCCCCCCCCCC/C=C\CCCCCCCCCC. The topological polar surface area (TPSA) is 63.6 Å². The zero-order chi connectivity index (χ0) is 35.7. The predicted octanol–water partition coefficient (Wildman–Crippen LogP) is 15.2. The highest BCUT2D eigenvalue weighted by atomic mass is 16.5. The predicted molar refractivity (Wildman–Crippen MR) is 213 cm³/mol. The first-order valence-electron chi connectivity index (χ1n) is 21.8. The molecule has 0 aliphatic heterocycles. The normalized spacial score (nSPS) is 12.4. The molecule has 0 aliphatic rings. The van der Waals surface area contributed by atoms with E-state index < -0.39 is 5.97 Å². The first kappa shape index (κ1) is 47.4. The summed E-state index contributed by atoms with van der Waals surface area (Å²) in [6.07, 6.45) is 52.3. The second-order valence-corrected chi connectivity index (χ2v) is 14.9. The summed E-state index contributed by atoms with van der Waals surface area (Å²) in [6, 6.07) is 0. The van der Waals surface area contributed by atoms with Crippen molar-refractivity contribution in [2.45, 2.75) is 251 Å². The maximum atomic E-state index is 12.6. The molecule has 49 heavy (non-hydrogen) atoms. The van der Waals surface area contributed by atoms with Gasteiger partial charge in [-0.3, -0.25) is 9.59 Å². The lowest BCUT2D eigenvalue weighted by Gasteiger charge is -2.15. The fourth-order valence-electron chi connectivity index (χ4n) is 6.62. The van der Waals surface area contributed by atoms with Gasteiger partial charge in [-0.15, -0.1) is 0 Å². The fourth-order valence-corrected chi connectivity index (χ4v) is 6.62. The van der Waals surface area contributed by atoms with Crippen LogP contribution in [-0.2, 0) is 14.3 Å². The van der Waals surface area contributed by atoms with Crippen molar-refractivity contribution in [1.82, 2.24) is 0 Å². The van der Waals surface area contributed by atoms with Crippen molar-refractivity contribution in [2.75, 3.05) is 0 Å². The Morgan fingerprint density at radius 2 is 0.796 bits per heavy atom. The Labute approximate surface area is 306 Å². The highest BCUT2D eigenvalue weighted by Gasteiger charge is 2.11. The van der Waals surface area contributed by atoms with Crippen LogP contribution in [0.15, 0.2) is 24.3 Å². The lowest BCUT2D eigenvalue weighted by atomic mass is 10.0. The van der Waals surface area contributed by atoms with Crippen molar-refractivity contribution in [1.29, 1.82) is 0 Å². The third-order valence-corrected chi connectivity index (χ3v) is 9.88. The van der Waals surface area contributed by atoms with E-state index in [0.717, 1.165) is 51.4 Å². The second-order valence-electron chi connectivity index (χ2n) is 14.9. The lowest BCUT2D eigenvalue weighted by molar-refractivity contribution is -0.147. The van der Waals surface area contributed by atoms with Crippen LogP contribution in [0.1, 0.15) is 245 Å². The van der Waals surface area contributed by atoms with E-state index in [1.54, 1.807) is 0 Å². The summed E-state index contributed by atoms with van der Waals surface area (Å²) in [7, 11) is 0. The Bertz CT molecular complexity index is 742. The molecule has 0 bridgehead atoms. The molecule has 1 atom stereocenters. The van der Waals surface area contributed by atoms with Crippen molar-refractivity contribution >= 4 is 11.9 Å². The largest absolute Gasteiger partial charge is 0.481 e. The molecule has 0 radical (unpaired) electrons. The van der Waals surface area contributed by atoms with Crippen LogP contribution in [0, 0.1) is 0 Å². The number of esters is 1. The maximum absolute atomic E-state index is 12.6. The number of hydrogen-bond acceptors (Lipinski definition) is 3. The molecule has 0 heterocycles. The number of ether oxygens (including phenoxy) is 1. The van der Waals surface area contributed by atoms with Crippen LogP contribution in [0.5, 0.6) is 0 Å². The zero-order valence-corrected chi connectivity index (χ0v) is 33.0. The molecule has 0 saturated heterocycles. The molecule has 4 heteroatoms. The van der Waals surface area contributed by atoms with Gasteiger partial charge < -0.3 is 9.84 Å². The van der Waals surface area contributed by atoms with E-state index >= 15 is 0 Å². The Hall–Kier alpha value is -1.58. The average Bonchev–Trinajstić information content (AvgIpc) is 3.09. The number of aliphatic carboxylic acids is 1. The van der Waals surface area contributed by atoms with Crippen LogP contribution in [0.2, 0.25) is 0 Å². The van der Waals surface area contributed by atoms with Gasteiger partial charge in [0.25, 0.3) is 0 Å². The molecule has 1 unspecified atom stereocenters. The van der Waals surface area contributed by atoms with Gasteiger partial charge in [0.1, 0.15) is 6.10 Å². The standard InChI is InChI=1S/C45H84O4/c1-3-5-7-9-11-13-14-15-16-17-18-19-20-21-22-23-24-25-26-28-30-32-38-42-45(48)49-43(40-36-33-34-37-41-44(46)47)39-35-31-29-27-12-10-8-6-4-2/h17-18,35,39,43H,3-16,19-34,36-38,40-42H2,1-2H3,(H,46,47)/b18-17-,39-35-. The third kappa shape index (κ3) is 40.7. The minimum atomic E-state index is -0.719. The van der Waals surface area contributed by atoms with E-state index in [1.165, 1.54) is 167 Å². The van der Waals surface area contributed by atoms with E-state index in [2.05, 4.69) is 38.2 Å². The highest BCUT2D eigenvalue weighted by Crippen LogP contribution is 2.16. The summed E-state index contributed by atoms with van der Waals surface area (Å²) in [6.45, 7) is 4.54. The van der Waals surface area contributed by atoms with E-state index in [4.69, 9.17) is 9.84 Å². The molecular formula is C45H84O4. The number of unbranched alkanes of at least 4 members (excludes halogenated alkanes) is 29. The van der Waals surface area contributed by atoms with Crippen LogP contribution in [0.25, 0.3) is 0 Å². The Kier molecular flexibility index (Phi) is 39.5. The van der Waals surface area contributed by atoms with Crippen molar-refractivity contribution < 1.29 is 19.4 Å². The van der Waals surface area contributed by atoms with E-state index in [-0.39, 0.29) is 18.5 Å². The van der Waals surface area contributed by atoms with Crippen molar-refractivity contribution in [3.8, 4) is 0 Å². The van der Waals surface area contributed by atoms with Gasteiger partial charge in [0.05, 0.1) is 0 Å². The summed E-state index contributed by atoms with van der Waals surface area (Å²) in [5.41, 5.74) is 0. The van der Waals surface area contributed by atoms with Crippen LogP contribution >= 0.6 is 0 Å². The third-order valence-electron chi connectivity index (χ3n) is 9.88. The molecular weight excluding hydrogens is 604 g/mol. The van der Waals surface area contributed by atoms with Crippen molar-refractivity contribution in [2.24, 2.45) is 0 Å². The molecule has 1 N–H and O–H groups in total. The molecule has 0 aromatic rings. The van der Waals surface area contributed by atoms with Gasteiger partial charge in [-0.2, -0.15) is 0 Å². The molecule has 0 aliphatic carbocycles. The molecule has 0 amide bonds. The van der Waals surface area contributed by atoms with Gasteiger partial charge in [0.2, 0.25) is 0 Å². The van der Waals surface area contributed by atoms with Gasteiger partial charge in [-0.1, -0.05) is 186 Å². The fraction of sp³-hybridized carbons (Fsp3) is 0.867. The van der Waals surface area contributed by atoms with Crippen LogP contribution in [0.4, 0.5) is 0 Å². The Balaban J connectivity index is 3.81. The molecule has 0 aromatic heterocycles. The number of allylic oxidation sites excluding steroid dienone is 3. The summed E-state index contributed by atoms with van der Waals surface area (Å²) in [4.78, 5) is 23.4. The molecule has 288 valence electrons. The minimum Gasteiger partial charge on any atom is -0.481 e. The van der Waals surface area contributed by atoms with E-state index in [1.807, 2.05) is 0 Å². The second kappa shape index (κ2) is 40.8. The Morgan fingerprint density at radius 1 is 0.449 bits per heavy atom. The van der Waals surface area contributed by atoms with E-state index in [0.29, 0.717) is 6.42 Å². The summed E-state index contributed by atoms with van der Waals surface area (Å²) in [5, 5.41) is 8.84. The van der Waals surface area contributed by atoms with Gasteiger partial charge in [0, 0.05) is 12.8 Å². The summed E-state index contributed by atoms with van der Waals surface area (Å²) >= 11 is 0. The number of carbonyl (C=O) groups is 2. The van der Waals surface area contributed by atoms with Crippen LogP contribution < -0.4 is 0 Å². The molecule has 0 fully saturated rings. The minimum absolute atomic E-state index is 0.0598. The van der Waals surface area contributed by atoms with Gasteiger partial charge in [-0.25, -0.2) is 0 Å². The van der Waals surface area contributed by atoms with Gasteiger partial charge in [0.15, 0.2) is 0 Å². The number of carboxylic acid groups (broad SMARTS) is 1. The number of hydrogen-bond donors (Lipinski definition) is 1. The van der Waals surface area contributed by atoms with Crippen molar-refractivity contribution in [3.05, 3.63) is 24.3 Å². The first-order chi connectivity index (χ1) is 24.1. The molecule has 0 saturated carbocycles. The number of carbonyl (C=O) groups excluding carboxylic acids is 1. The zero-order valence-electron chi connectivity index (χ0n) is 33.0. The van der Waals surface area contributed by atoms with Crippen LogP contribution in [-0.4, -0.2) is 23.1 Å². The summed E-state index contributed by atoms with van der Waals surface area (Å²) < 4.78 is 5.89. The molecule has 0 rings (SSSR count). The first-order valence-corrected chi connectivity index (χ1v) is 21.8. The van der Waals surface area contributed by atoms with Crippen molar-refractivity contribution in [3.63, 3.8) is 0 Å². The highest BCUT2D eigenvalue weighted by molar-refractivity contribution is 5.69. The smallest absolute Gasteiger partial charge is 0.306 e. The van der Waals surface area contributed by atoms with E-state index in [9.17, 15) is 9.59 Å². The molecule has 0 spiro atoms. The monoisotopic (exact) mass is 689 g/mol. The Morgan fingerprint density at radius 3 is 1.22 bits per heavy atom. The molecule has 0 aromatic carbocycles. The number of rotatable bonds is 40. The van der Waals surface area contributed by atoms with Gasteiger partial charge >= 0.3 is 11.9 Å². The van der Waals surface area contributed by atoms with Crippen LogP contribution in [0.3, 0.4) is 0 Å². The average molecular weight is 689 g/mol. The number of carboxylic acids is 1. The summed E-state index contributed by atoms with van der Waals surface area (Å²) in [5.74, 6) is -0.778. The molecule has 4 nitrogen and oxygen atoms in total. The lowest BCUT2D eigenvalue weighted by Crippen LogP contribution is -2.16. The quantitative estimate of drug-likeness (QED) is 0.0395. The van der Waals surface area contributed by atoms with Gasteiger partial charge in [-0.05, 0) is 70.3 Å². The maximum Gasteiger partial charge on any atom is 0.306 e.